The summed E-state index contributed by atoms with van der Waals surface area (Å²) in [6.45, 7) is 10.0. The van der Waals surface area contributed by atoms with Crippen molar-refractivity contribution in [2.24, 2.45) is 0 Å². The van der Waals surface area contributed by atoms with Crippen molar-refractivity contribution < 1.29 is 4.74 Å². The summed E-state index contributed by atoms with van der Waals surface area (Å²) in [7, 11) is 1.70. The smallest absolute Gasteiger partial charge is 0.229 e. The number of rotatable bonds is 4. The van der Waals surface area contributed by atoms with Crippen LogP contribution < -0.4 is 20.3 Å². The molecule has 2 aromatic rings. The van der Waals surface area contributed by atoms with E-state index < -0.39 is 0 Å². The highest BCUT2D eigenvalue weighted by Crippen LogP contribution is 2.28. The summed E-state index contributed by atoms with van der Waals surface area (Å²) in [6.07, 6.45) is 0. The third-order valence-corrected chi connectivity index (χ3v) is 4.20. The fourth-order valence-corrected chi connectivity index (χ4v) is 3.14. The van der Waals surface area contributed by atoms with Crippen molar-refractivity contribution in [3.05, 3.63) is 35.0 Å². The van der Waals surface area contributed by atoms with Crippen LogP contribution >= 0.6 is 0 Å². The molecule has 1 saturated heterocycles. The third-order valence-electron chi connectivity index (χ3n) is 4.20. The average molecular weight is 327 g/mol. The molecule has 6 heteroatoms. The van der Waals surface area contributed by atoms with Crippen LogP contribution in [0.15, 0.2) is 18.2 Å². The topological polar surface area (TPSA) is 62.3 Å². The molecule has 3 rings (SSSR count). The largest absolute Gasteiger partial charge is 0.496 e. The molecule has 1 fully saturated rings. The molecule has 2 heterocycles. The van der Waals surface area contributed by atoms with E-state index in [1.807, 2.05) is 26.8 Å². The van der Waals surface area contributed by atoms with E-state index in [-0.39, 0.29) is 0 Å². The highest BCUT2D eigenvalue weighted by Gasteiger charge is 2.14. The molecule has 0 atom stereocenters. The molecule has 0 unspecified atom stereocenters. The Morgan fingerprint density at radius 2 is 1.71 bits per heavy atom. The number of nitrogens with zero attached hydrogens (tertiary/aromatic N) is 3. The predicted molar refractivity (Wildman–Crippen MR) is 97.6 cm³/mol. The molecule has 0 bridgehead atoms. The lowest BCUT2D eigenvalue weighted by atomic mass is 10.1. The first-order valence-corrected chi connectivity index (χ1v) is 8.30. The number of aromatic nitrogens is 2. The summed E-state index contributed by atoms with van der Waals surface area (Å²) >= 11 is 0. The molecule has 0 radical (unpaired) electrons. The van der Waals surface area contributed by atoms with Gasteiger partial charge in [-0.2, -0.15) is 4.98 Å². The van der Waals surface area contributed by atoms with Crippen molar-refractivity contribution in [3.8, 4) is 5.75 Å². The number of methoxy groups -OCH3 is 1. The summed E-state index contributed by atoms with van der Waals surface area (Å²) in [5.74, 6) is 2.54. The lowest BCUT2D eigenvalue weighted by Gasteiger charge is -2.28. The molecule has 0 spiro atoms. The molecule has 6 nitrogen and oxygen atoms in total. The number of nitrogens with one attached hydrogen (secondary N) is 2. The van der Waals surface area contributed by atoms with Crippen molar-refractivity contribution in [2.45, 2.75) is 20.8 Å². The van der Waals surface area contributed by atoms with Gasteiger partial charge in [0, 0.05) is 43.6 Å². The van der Waals surface area contributed by atoms with E-state index in [1.54, 1.807) is 7.11 Å². The summed E-state index contributed by atoms with van der Waals surface area (Å²) in [4.78, 5) is 11.5. The summed E-state index contributed by atoms with van der Waals surface area (Å²) in [6, 6.07) is 6.16. The zero-order chi connectivity index (χ0) is 17.1. The normalized spacial score (nSPS) is 14.6. The molecule has 1 aromatic heterocycles. The Labute approximate surface area is 143 Å². The standard InChI is InChI=1S/C18H25N5O/c1-12-9-15(10-13(2)17(12)24-4)21-18-20-14(3)11-16(22-18)23-7-5-19-6-8-23/h9-11,19H,5-8H2,1-4H3,(H,20,21,22). The SMILES string of the molecule is COc1c(C)cc(Nc2nc(C)cc(N3CCNCC3)n2)cc1C. The van der Waals surface area contributed by atoms with Crippen LogP contribution in [-0.2, 0) is 0 Å². The quantitative estimate of drug-likeness (QED) is 0.900. The van der Waals surface area contributed by atoms with Crippen LogP contribution in [0.2, 0.25) is 0 Å². The summed E-state index contributed by atoms with van der Waals surface area (Å²) < 4.78 is 5.43. The van der Waals surface area contributed by atoms with Gasteiger partial charge in [-0.1, -0.05) is 0 Å². The van der Waals surface area contributed by atoms with E-state index in [9.17, 15) is 0 Å². The Hall–Kier alpha value is -2.34. The highest BCUT2D eigenvalue weighted by molar-refractivity contribution is 5.61. The maximum atomic E-state index is 5.43. The maximum absolute atomic E-state index is 5.43. The van der Waals surface area contributed by atoms with Crippen molar-refractivity contribution in [3.63, 3.8) is 0 Å². The van der Waals surface area contributed by atoms with Gasteiger partial charge in [-0.25, -0.2) is 4.98 Å². The van der Waals surface area contributed by atoms with Crippen molar-refractivity contribution in [1.29, 1.82) is 0 Å². The number of aryl methyl sites for hydroxylation is 3. The van der Waals surface area contributed by atoms with Gasteiger partial charge >= 0.3 is 0 Å². The minimum Gasteiger partial charge on any atom is -0.496 e. The number of anilines is 3. The van der Waals surface area contributed by atoms with Crippen LogP contribution in [0, 0.1) is 20.8 Å². The van der Waals surface area contributed by atoms with E-state index in [0.717, 1.165) is 60.3 Å². The molecule has 24 heavy (non-hydrogen) atoms. The zero-order valence-electron chi connectivity index (χ0n) is 14.8. The van der Waals surface area contributed by atoms with E-state index in [4.69, 9.17) is 9.72 Å². The first-order valence-electron chi connectivity index (χ1n) is 8.30. The van der Waals surface area contributed by atoms with Crippen molar-refractivity contribution >= 4 is 17.5 Å². The van der Waals surface area contributed by atoms with Gasteiger partial charge in [0.05, 0.1) is 7.11 Å². The minimum absolute atomic E-state index is 0.632. The Morgan fingerprint density at radius 1 is 1.04 bits per heavy atom. The molecule has 0 amide bonds. The van der Waals surface area contributed by atoms with E-state index >= 15 is 0 Å². The summed E-state index contributed by atoms with van der Waals surface area (Å²) in [5.41, 5.74) is 4.12. The number of hydrogen-bond acceptors (Lipinski definition) is 6. The Kier molecular flexibility index (Phi) is 4.85. The second-order valence-corrected chi connectivity index (χ2v) is 6.20. The predicted octanol–water partition coefficient (Wildman–Crippen LogP) is 2.56. The molecule has 0 saturated carbocycles. The first-order chi connectivity index (χ1) is 11.6. The molecule has 1 aromatic carbocycles. The van der Waals surface area contributed by atoms with Crippen LogP contribution in [0.5, 0.6) is 5.75 Å². The van der Waals surface area contributed by atoms with Gasteiger partial charge in [0.25, 0.3) is 0 Å². The third kappa shape index (κ3) is 3.59. The maximum Gasteiger partial charge on any atom is 0.229 e. The molecule has 1 aliphatic heterocycles. The van der Waals surface area contributed by atoms with Crippen LogP contribution in [0.1, 0.15) is 16.8 Å². The molecule has 2 N–H and O–H groups in total. The van der Waals surface area contributed by atoms with E-state index in [0.29, 0.717) is 5.95 Å². The Morgan fingerprint density at radius 3 is 2.33 bits per heavy atom. The number of hydrogen-bond donors (Lipinski definition) is 2. The van der Waals surface area contributed by atoms with Gasteiger partial charge in [0.1, 0.15) is 11.6 Å². The Balaban J connectivity index is 1.86. The molecule has 1 aliphatic rings. The van der Waals surface area contributed by atoms with Crippen molar-refractivity contribution in [1.82, 2.24) is 15.3 Å². The van der Waals surface area contributed by atoms with Gasteiger partial charge < -0.3 is 20.3 Å². The van der Waals surface area contributed by atoms with Gasteiger partial charge in [-0.15, -0.1) is 0 Å². The minimum atomic E-state index is 0.632. The number of piperazine rings is 1. The van der Waals surface area contributed by atoms with Crippen LogP contribution in [0.25, 0.3) is 0 Å². The van der Waals surface area contributed by atoms with E-state index in [2.05, 4.69) is 32.7 Å². The van der Waals surface area contributed by atoms with Gasteiger partial charge in [0.15, 0.2) is 0 Å². The molecule has 0 aliphatic carbocycles. The second-order valence-electron chi connectivity index (χ2n) is 6.20. The average Bonchev–Trinajstić information content (AvgIpc) is 2.55. The zero-order valence-corrected chi connectivity index (χ0v) is 14.8. The van der Waals surface area contributed by atoms with Gasteiger partial charge in [-0.05, 0) is 44.0 Å². The Bertz CT molecular complexity index is 702. The lowest BCUT2D eigenvalue weighted by Crippen LogP contribution is -2.44. The first kappa shape index (κ1) is 16.5. The van der Waals surface area contributed by atoms with Crippen LogP contribution in [0.3, 0.4) is 0 Å². The highest BCUT2D eigenvalue weighted by atomic mass is 16.5. The molecular formula is C18H25N5O. The number of ether oxygens (including phenoxy) is 1. The molecular weight excluding hydrogens is 302 g/mol. The lowest BCUT2D eigenvalue weighted by molar-refractivity contribution is 0.408. The second kappa shape index (κ2) is 7.05. The molecule has 128 valence electrons. The van der Waals surface area contributed by atoms with E-state index in [1.165, 1.54) is 0 Å². The van der Waals surface area contributed by atoms with Gasteiger partial charge in [-0.3, -0.25) is 0 Å². The van der Waals surface area contributed by atoms with Crippen LogP contribution in [-0.4, -0.2) is 43.3 Å². The number of benzene rings is 1. The summed E-state index contributed by atoms with van der Waals surface area (Å²) in [5, 5.41) is 6.70. The fraction of sp³-hybridized carbons (Fsp3) is 0.444. The monoisotopic (exact) mass is 327 g/mol. The van der Waals surface area contributed by atoms with Crippen LogP contribution in [0.4, 0.5) is 17.5 Å². The van der Waals surface area contributed by atoms with Crippen molar-refractivity contribution in [2.75, 3.05) is 43.5 Å². The van der Waals surface area contributed by atoms with Gasteiger partial charge in [0.2, 0.25) is 5.95 Å². The fourth-order valence-electron chi connectivity index (χ4n) is 3.14.